The third-order valence-corrected chi connectivity index (χ3v) is 11.2. The van der Waals surface area contributed by atoms with Gasteiger partial charge in [0.15, 0.2) is 6.61 Å². The molecule has 0 aliphatic carbocycles. The van der Waals surface area contributed by atoms with Crippen molar-refractivity contribution in [2.24, 2.45) is 0 Å². The molecule has 13 heteroatoms. The Balaban J connectivity index is 1.23. The number of nitrogens with one attached hydrogen (secondary N) is 1. The summed E-state index contributed by atoms with van der Waals surface area (Å²) in [5.74, 6) is -1.99. The average Bonchev–Trinajstić information content (AvgIpc) is 3.53. The number of esters is 1. The van der Waals surface area contributed by atoms with Crippen molar-refractivity contribution >= 4 is 37.6 Å². The molecule has 1 saturated heterocycles. The summed E-state index contributed by atoms with van der Waals surface area (Å²) in [6.07, 6.45) is 1.74. The van der Waals surface area contributed by atoms with Gasteiger partial charge in [0.2, 0.25) is 20.0 Å². The maximum Gasteiger partial charge on any atom is 0.308 e. The number of halogens is 1. The highest BCUT2D eigenvalue weighted by molar-refractivity contribution is 7.89. The van der Waals surface area contributed by atoms with Crippen LogP contribution < -0.4 is 5.32 Å². The number of carbonyl (C=O) groups excluding carboxylic acids is 2. The van der Waals surface area contributed by atoms with Crippen molar-refractivity contribution in [1.82, 2.24) is 8.61 Å². The van der Waals surface area contributed by atoms with Gasteiger partial charge in [-0.3, -0.25) is 9.59 Å². The number of fused-ring (bicyclic) bond motifs is 1. The van der Waals surface area contributed by atoms with Crippen molar-refractivity contribution < 1.29 is 35.6 Å². The molecule has 0 bridgehead atoms. The maximum atomic E-state index is 13.5. The number of rotatable bonds is 9. The van der Waals surface area contributed by atoms with Crippen LogP contribution in [0.4, 0.5) is 10.1 Å². The van der Waals surface area contributed by atoms with Crippen molar-refractivity contribution in [1.29, 1.82) is 0 Å². The van der Waals surface area contributed by atoms with Crippen LogP contribution in [0, 0.1) is 5.82 Å². The second-order valence-electron chi connectivity index (χ2n) is 10.1. The second-order valence-corrected chi connectivity index (χ2v) is 13.9. The first-order valence-electron chi connectivity index (χ1n) is 13.5. The van der Waals surface area contributed by atoms with Gasteiger partial charge in [0.25, 0.3) is 5.91 Å². The SMILES string of the molecule is O=C(COC(=O)CC1c2ccccc2CCN1S(=O)(=O)c1ccc(F)cc1)Nc1ccc(S(=O)(=O)N2CCCC2)cc1. The molecule has 3 aromatic rings. The number of hydrogen-bond acceptors (Lipinski definition) is 7. The first-order valence-corrected chi connectivity index (χ1v) is 16.3. The largest absolute Gasteiger partial charge is 0.456 e. The molecule has 2 heterocycles. The summed E-state index contributed by atoms with van der Waals surface area (Å²) in [6, 6.07) is 16.5. The smallest absolute Gasteiger partial charge is 0.308 e. The predicted molar refractivity (Wildman–Crippen MR) is 152 cm³/mol. The van der Waals surface area contributed by atoms with Gasteiger partial charge in [-0.25, -0.2) is 21.2 Å². The summed E-state index contributed by atoms with van der Waals surface area (Å²) in [5, 5.41) is 2.56. The molecular weight excluding hydrogens is 585 g/mol. The molecule has 1 unspecified atom stereocenters. The summed E-state index contributed by atoms with van der Waals surface area (Å²) in [5.41, 5.74) is 1.88. The molecule has 1 amide bonds. The lowest BCUT2D eigenvalue weighted by Crippen LogP contribution is -2.41. The minimum absolute atomic E-state index is 0.0970. The van der Waals surface area contributed by atoms with Crippen molar-refractivity contribution in [2.75, 3.05) is 31.6 Å². The molecule has 222 valence electrons. The van der Waals surface area contributed by atoms with Crippen LogP contribution in [0.1, 0.15) is 36.4 Å². The van der Waals surface area contributed by atoms with E-state index >= 15 is 0 Å². The zero-order valence-corrected chi connectivity index (χ0v) is 24.2. The second kappa shape index (κ2) is 12.3. The van der Waals surface area contributed by atoms with Crippen LogP contribution in [0.2, 0.25) is 0 Å². The standard InChI is InChI=1S/C29H30FN3O7S2/c30-22-7-11-25(12-8-22)42(38,39)33-18-15-21-5-1-2-6-26(21)27(33)19-29(35)40-20-28(34)31-23-9-13-24(14-10-23)41(36,37)32-16-3-4-17-32/h1-2,5-14,27H,3-4,15-20H2,(H,31,34). The Morgan fingerprint density at radius 2 is 1.45 bits per heavy atom. The average molecular weight is 616 g/mol. The topological polar surface area (TPSA) is 130 Å². The Kier molecular flexibility index (Phi) is 8.73. The quantitative estimate of drug-likeness (QED) is 0.365. The molecular formula is C29H30FN3O7S2. The minimum atomic E-state index is -4.07. The molecule has 5 rings (SSSR count). The molecule has 1 atom stereocenters. The van der Waals surface area contributed by atoms with Gasteiger partial charge in [-0.15, -0.1) is 0 Å². The maximum absolute atomic E-state index is 13.5. The van der Waals surface area contributed by atoms with Gasteiger partial charge in [-0.1, -0.05) is 24.3 Å². The number of nitrogens with zero attached hydrogens (tertiary/aromatic N) is 2. The summed E-state index contributed by atoms with van der Waals surface area (Å²) in [7, 11) is -7.66. The molecule has 2 aliphatic heterocycles. The van der Waals surface area contributed by atoms with E-state index < -0.39 is 50.4 Å². The molecule has 1 fully saturated rings. The molecule has 0 aromatic heterocycles. The van der Waals surface area contributed by atoms with Gasteiger partial charge < -0.3 is 10.1 Å². The van der Waals surface area contributed by atoms with E-state index in [0.29, 0.717) is 30.8 Å². The van der Waals surface area contributed by atoms with E-state index in [0.717, 1.165) is 30.5 Å². The first-order chi connectivity index (χ1) is 20.1. The summed E-state index contributed by atoms with van der Waals surface area (Å²) in [4.78, 5) is 25.4. The number of sulfonamides is 2. The Hall–Kier alpha value is -3.65. The molecule has 10 nitrogen and oxygen atoms in total. The van der Waals surface area contributed by atoms with Crippen LogP contribution in [0.3, 0.4) is 0 Å². The normalized spacial score (nSPS) is 17.9. The van der Waals surface area contributed by atoms with E-state index in [1.807, 2.05) is 12.1 Å². The monoisotopic (exact) mass is 615 g/mol. The van der Waals surface area contributed by atoms with E-state index in [9.17, 15) is 30.8 Å². The third-order valence-electron chi connectivity index (χ3n) is 7.35. The van der Waals surface area contributed by atoms with E-state index in [2.05, 4.69) is 5.32 Å². The fourth-order valence-corrected chi connectivity index (χ4v) is 8.34. The lowest BCUT2D eigenvalue weighted by atomic mass is 9.92. The fraction of sp³-hybridized carbons (Fsp3) is 0.310. The molecule has 2 aliphatic rings. The minimum Gasteiger partial charge on any atom is -0.456 e. The molecule has 0 radical (unpaired) electrons. The van der Waals surface area contributed by atoms with Crippen molar-refractivity contribution in [3.05, 3.63) is 89.7 Å². The highest BCUT2D eigenvalue weighted by atomic mass is 32.2. The number of amides is 1. The lowest BCUT2D eigenvalue weighted by Gasteiger charge is -2.36. The van der Waals surface area contributed by atoms with Crippen molar-refractivity contribution in [2.45, 2.75) is 41.5 Å². The number of anilines is 1. The van der Waals surface area contributed by atoms with E-state index in [4.69, 9.17) is 4.74 Å². The first kappa shape index (κ1) is 29.8. The zero-order chi connectivity index (χ0) is 29.9. The van der Waals surface area contributed by atoms with Crippen LogP contribution in [0.15, 0.2) is 82.6 Å². The third kappa shape index (κ3) is 6.38. The highest BCUT2D eigenvalue weighted by Crippen LogP contribution is 2.36. The van der Waals surface area contributed by atoms with Gasteiger partial charge in [0.05, 0.1) is 22.3 Å². The van der Waals surface area contributed by atoms with Crippen LogP contribution in [-0.2, 0) is 40.8 Å². The number of benzene rings is 3. The molecule has 42 heavy (non-hydrogen) atoms. The van der Waals surface area contributed by atoms with Crippen molar-refractivity contribution in [3.8, 4) is 0 Å². The molecule has 1 N–H and O–H groups in total. The van der Waals surface area contributed by atoms with Crippen LogP contribution >= 0.6 is 0 Å². The van der Waals surface area contributed by atoms with E-state index in [1.54, 1.807) is 12.1 Å². The van der Waals surface area contributed by atoms with Crippen molar-refractivity contribution in [3.63, 3.8) is 0 Å². The Labute approximate surface area is 244 Å². The van der Waals surface area contributed by atoms with Crippen LogP contribution in [0.25, 0.3) is 0 Å². The van der Waals surface area contributed by atoms with Crippen LogP contribution in [-0.4, -0.2) is 63.6 Å². The molecule has 0 saturated carbocycles. The molecule has 3 aromatic carbocycles. The number of hydrogen-bond donors (Lipinski definition) is 1. The Morgan fingerprint density at radius 3 is 2.14 bits per heavy atom. The number of carbonyl (C=O) groups is 2. The summed E-state index contributed by atoms with van der Waals surface area (Å²) < 4.78 is 73.6. The van der Waals surface area contributed by atoms with Gasteiger partial charge in [0.1, 0.15) is 5.82 Å². The Morgan fingerprint density at radius 1 is 0.833 bits per heavy atom. The highest BCUT2D eigenvalue weighted by Gasteiger charge is 2.38. The zero-order valence-electron chi connectivity index (χ0n) is 22.6. The van der Waals surface area contributed by atoms with Gasteiger partial charge >= 0.3 is 5.97 Å². The van der Waals surface area contributed by atoms with Gasteiger partial charge in [-0.2, -0.15) is 8.61 Å². The van der Waals surface area contributed by atoms with E-state index in [1.165, 1.54) is 45.0 Å². The van der Waals surface area contributed by atoms with E-state index in [-0.39, 0.29) is 22.8 Å². The lowest BCUT2D eigenvalue weighted by molar-refractivity contribution is -0.148. The summed E-state index contributed by atoms with van der Waals surface area (Å²) in [6.45, 7) is 0.452. The summed E-state index contributed by atoms with van der Waals surface area (Å²) >= 11 is 0. The fourth-order valence-electron chi connectivity index (χ4n) is 5.22. The predicted octanol–water partition coefficient (Wildman–Crippen LogP) is 3.47. The number of ether oxygens (including phenoxy) is 1. The van der Waals surface area contributed by atoms with Crippen LogP contribution in [0.5, 0.6) is 0 Å². The molecule has 0 spiro atoms. The van der Waals surface area contributed by atoms with Gasteiger partial charge in [-0.05, 0) is 78.9 Å². The van der Waals surface area contributed by atoms with Gasteiger partial charge in [0, 0.05) is 25.3 Å². The Bertz CT molecular complexity index is 1670.